The average Bonchev–Trinajstić information content (AvgIpc) is 2.75. The van der Waals surface area contributed by atoms with Crippen LogP contribution in [0, 0.1) is 19.3 Å². The van der Waals surface area contributed by atoms with Crippen molar-refractivity contribution in [1.29, 1.82) is 0 Å². The van der Waals surface area contributed by atoms with E-state index >= 15 is 0 Å². The summed E-state index contributed by atoms with van der Waals surface area (Å²) in [6, 6.07) is 5.99. The van der Waals surface area contributed by atoms with Crippen molar-refractivity contribution in [2.45, 2.75) is 39.5 Å². The highest BCUT2D eigenvalue weighted by atomic mass is 16.5. The van der Waals surface area contributed by atoms with Gasteiger partial charge in [0.25, 0.3) is 0 Å². The van der Waals surface area contributed by atoms with Gasteiger partial charge >= 0.3 is 5.97 Å². The topological polar surface area (TPSA) is 46.5 Å². The number of hydrogen-bond acceptors (Lipinski definition) is 2. The Morgan fingerprint density at radius 2 is 1.78 bits per heavy atom. The second-order valence-electron chi connectivity index (χ2n) is 5.40. The first-order chi connectivity index (χ1) is 8.52. The molecule has 1 fully saturated rings. The maximum Gasteiger partial charge on any atom is 0.313 e. The van der Waals surface area contributed by atoms with Gasteiger partial charge in [0.15, 0.2) is 0 Å². The van der Waals surface area contributed by atoms with E-state index in [-0.39, 0.29) is 6.61 Å². The maximum absolute atomic E-state index is 11.4. The summed E-state index contributed by atoms with van der Waals surface area (Å²) < 4.78 is 5.74. The minimum absolute atomic E-state index is 0.283. The van der Waals surface area contributed by atoms with E-state index in [1.165, 1.54) is 0 Å². The molecule has 0 atom stereocenters. The third kappa shape index (κ3) is 2.66. The number of carbonyl (C=O) groups is 1. The second kappa shape index (κ2) is 5.01. The van der Waals surface area contributed by atoms with Crippen LogP contribution >= 0.6 is 0 Å². The summed E-state index contributed by atoms with van der Waals surface area (Å²) in [5.74, 6) is 0.0596. The molecule has 0 unspecified atom stereocenters. The van der Waals surface area contributed by atoms with Crippen molar-refractivity contribution in [1.82, 2.24) is 0 Å². The van der Waals surface area contributed by atoms with Crippen molar-refractivity contribution in [3.63, 3.8) is 0 Å². The van der Waals surface area contributed by atoms with Gasteiger partial charge in [-0.05, 0) is 49.9 Å². The Morgan fingerprint density at radius 1 is 1.22 bits per heavy atom. The molecule has 0 bridgehead atoms. The van der Waals surface area contributed by atoms with E-state index in [0.717, 1.165) is 42.6 Å². The number of aryl methyl sites for hydroxylation is 2. The summed E-state index contributed by atoms with van der Waals surface area (Å²) in [6.07, 6.45) is 3.44. The Labute approximate surface area is 108 Å². The van der Waals surface area contributed by atoms with Crippen molar-refractivity contribution < 1.29 is 14.6 Å². The van der Waals surface area contributed by atoms with Crippen LogP contribution in [0.25, 0.3) is 0 Å². The minimum Gasteiger partial charge on any atom is -0.492 e. The van der Waals surface area contributed by atoms with Crippen LogP contribution in [0.4, 0.5) is 0 Å². The first kappa shape index (κ1) is 12.9. The van der Waals surface area contributed by atoms with Crippen LogP contribution in [-0.4, -0.2) is 17.7 Å². The number of aliphatic carboxylic acids is 1. The van der Waals surface area contributed by atoms with Crippen LogP contribution in [-0.2, 0) is 4.79 Å². The van der Waals surface area contributed by atoms with Crippen LogP contribution in [0.3, 0.4) is 0 Å². The fourth-order valence-electron chi connectivity index (χ4n) is 2.71. The predicted octanol–water partition coefficient (Wildman–Crippen LogP) is 3.33. The lowest BCUT2D eigenvalue weighted by Crippen LogP contribution is -2.34. The SMILES string of the molecule is Cc1cc(C)cc(OCC2(C(=O)O)CCCC2)c1. The summed E-state index contributed by atoms with van der Waals surface area (Å²) in [5.41, 5.74) is 1.61. The van der Waals surface area contributed by atoms with Gasteiger partial charge in [0.2, 0.25) is 0 Å². The molecule has 0 radical (unpaired) electrons. The molecular formula is C15H20O3. The summed E-state index contributed by atoms with van der Waals surface area (Å²) in [4.78, 5) is 11.4. The molecule has 0 aliphatic heterocycles. The quantitative estimate of drug-likeness (QED) is 0.889. The summed E-state index contributed by atoms with van der Waals surface area (Å²) in [6.45, 7) is 4.32. The lowest BCUT2D eigenvalue weighted by atomic mass is 9.87. The van der Waals surface area contributed by atoms with Gasteiger partial charge in [-0.3, -0.25) is 4.79 Å². The maximum atomic E-state index is 11.4. The Hall–Kier alpha value is -1.51. The van der Waals surface area contributed by atoms with Gasteiger partial charge in [-0.25, -0.2) is 0 Å². The predicted molar refractivity (Wildman–Crippen MR) is 69.9 cm³/mol. The van der Waals surface area contributed by atoms with Crippen molar-refractivity contribution in [3.8, 4) is 5.75 Å². The Bertz CT molecular complexity index is 425. The number of carboxylic acid groups (broad SMARTS) is 1. The van der Waals surface area contributed by atoms with Gasteiger partial charge in [0.1, 0.15) is 17.8 Å². The first-order valence-electron chi connectivity index (χ1n) is 6.46. The molecule has 1 aliphatic rings. The molecule has 1 aromatic carbocycles. The van der Waals surface area contributed by atoms with Crippen LogP contribution < -0.4 is 4.74 Å². The van der Waals surface area contributed by atoms with Gasteiger partial charge in [0.05, 0.1) is 0 Å². The van der Waals surface area contributed by atoms with Crippen molar-refractivity contribution in [2.75, 3.05) is 6.61 Å². The zero-order valence-electron chi connectivity index (χ0n) is 11.0. The summed E-state index contributed by atoms with van der Waals surface area (Å²) >= 11 is 0. The largest absolute Gasteiger partial charge is 0.492 e. The van der Waals surface area contributed by atoms with Crippen LogP contribution in [0.15, 0.2) is 18.2 Å². The van der Waals surface area contributed by atoms with Crippen molar-refractivity contribution in [3.05, 3.63) is 29.3 Å². The highest BCUT2D eigenvalue weighted by molar-refractivity contribution is 5.75. The number of rotatable bonds is 4. The fraction of sp³-hybridized carbons (Fsp3) is 0.533. The first-order valence-corrected chi connectivity index (χ1v) is 6.46. The summed E-state index contributed by atoms with van der Waals surface area (Å²) in [5, 5.41) is 9.37. The Morgan fingerprint density at radius 3 is 2.28 bits per heavy atom. The lowest BCUT2D eigenvalue weighted by molar-refractivity contribution is -0.150. The van der Waals surface area contributed by atoms with Crippen LogP contribution in [0.1, 0.15) is 36.8 Å². The smallest absolute Gasteiger partial charge is 0.313 e. The van der Waals surface area contributed by atoms with E-state index < -0.39 is 11.4 Å². The Balaban J connectivity index is 2.08. The standard InChI is InChI=1S/C15H20O3/c1-11-7-12(2)9-13(8-11)18-10-15(14(16)17)5-3-4-6-15/h7-9H,3-6,10H2,1-2H3,(H,16,17). The van der Waals surface area contributed by atoms with Gasteiger partial charge in [0, 0.05) is 0 Å². The van der Waals surface area contributed by atoms with E-state index in [1.807, 2.05) is 26.0 Å². The molecule has 0 saturated heterocycles. The zero-order valence-corrected chi connectivity index (χ0v) is 11.0. The average molecular weight is 248 g/mol. The molecule has 98 valence electrons. The molecule has 0 aromatic heterocycles. The molecule has 1 saturated carbocycles. The molecule has 0 spiro atoms. The molecule has 0 amide bonds. The lowest BCUT2D eigenvalue weighted by Gasteiger charge is -2.24. The number of ether oxygens (including phenoxy) is 1. The normalized spacial score (nSPS) is 17.7. The Kier molecular flexibility index (Phi) is 3.60. The third-order valence-electron chi connectivity index (χ3n) is 3.72. The molecule has 18 heavy (non-hydrogen) atoms. The van der Waals surface area contributed by atoms with E-state index in [9.17, 15) is 9.90 Å². The molecule has 1 aliphatic carbocycles. The number of carboxylic acids is 1. The highest BCUT2D eigenvalue weighted by Gasteiger charge is 2.42. The highest BCUT2D eigenvalue weighted by Crippen LogP contribution is 2.38. The van der Waals surface area contributed by atoms with E-state index in [0.29, 0.717) is 0 Å². The van der Waals surface area contributed by atoms with E-state index in [4.69, 9.17) is 4.74 Å². The third-order valence-corrected chi connectivity index (χ3v) is 3.72. The number of hydrogen-bond donors (Lipinski definition) is 1. The van der Waals surface area contributed by atoms with Gasteiger partial charge < -0.3 is 9.84 Å². The molecular weight excluding hydrogens is 228 g/mol. The molecule has 1 aromatic rings. The van der Waals surface area contributed by atoms with Gasteiger partial charge in [-0.1, -0.05) is 18.9 Å². The van der Waals surface area contributed by atoms with E-state index in [1.54, 1.807) is 0 Å². The van der Waals surface area contributed by atoms with Crippen molar-refractivity contribution in [2.24, 2.45) is 5.41 Å². The van der Waals surface area contributed by atoms with Gasteiger partial charge in [-0.15, -0.1) is 0 Å². The van der Waals surface area contributed by atoms with Gasteiger partial charge in [-0.2, -0.15) is 0 Å². The minimum atomic E-state index is -0.718. The monoisotopic (exact) mass is 248 g/mol. The van der Waals surface area contributed by atoms with Crippen molar-refractivity contribution >= 4 is 5.97 Å². The second-order valence-corrected chi connectivity index (χ2v) is 5.40. The fourth-order valence-corrected chi connectivity index (χ4v) is 2.71. The molecule has 1 N–H and O–H groups in total. The van der Waals surface area contributed by atoms with E-state index in [2.05, 4.69) is 6.07 Å². The molecule has 0 heterocycles. The number of benzene rings is 1. The van der Waals surface area contributed by atoms with Crippen LogP contribution in [0.2, 0.25) is 0 Å². The zero-order chi connectivity index (χ0) is 13.2. The molecule has 3 heteroatoms. The molecule has 2 rings (SSSR count). The molecule has 3 nitrogen and oxygen atoms in total. The summed E-state index contributed by atoms with van der Waals surface area (Å²) in [7, 11) is 0. The van der Waals surface area contributed by atoms with Crippen LogP contribution in [0.5, 0.6) is 5.75 Å².